The van der Waals surface area contributed by atoms with Gasteiger partial charge >= 0.3 is 12.1 Å². The summed E-state index contributed by atoms with van der Waals surface area (Å²) in [4.78, 5) is 51.7. The van der Waals surface area contributed by atoms with Crippen molar-refractivity contribution in [2.45, 2.75) is 58.2 Å². The van der Waals surface area contributed by atoms with Crippen LogP contribution in [0.15, 0.2) is 30.3 Å². The monoisotopic (exact) mass is 505 g/mol. The number of nitrogens with zero attached hydrogens (tertiary/aromatic N) is 1. The molecule has 0 aliphatic rings. The molecule has 192 valence electrons. The van der Waals surface area contributed by atoms with Crippen LogP contribution in [-0.4, -0.2) is 65.6 Å². The molecule has 2 unspecified atom stereocenters. The molecule has 0 fully saturated rings. The number of esters is 1. The zero-order valence-electron chi connectivity index (χ0n) is 21.0. The van der Waals surface area contributed by atoms with Crippen molar-refractivity contribution in [3.05, 3.63) is 35.9 Å². The first-order chi connectivity index (χ1) is 16.5. The van der Waals surface area contributed by atoms with Crippen LogP contribution >= 0.6 is 11.8 Å². The Bertz CT molecular complexity index is 895. The van der Waals surface area contributed by atoms with Crippen LogP contribution in [0.1, 0.15) is 52.1 Å². The third-order valence-electron chi connectivity index (χ3n) is 4.53. The van der Waals surface area contributed by atoms with Gasteiger partial charge in [0.25, 0.3) is 5.91 Å². The van der Waals surface area contributed by atoms with Crippen LogP contribution in [0.25, 0.3) is 0 Å². The molecule has 0 aliphatic carbocycles. The second-order valence-electron chi connectivity index (χ2n) is 8.48. The molecule has 1 rings (SSSR count). The van der Waals surface area contributed by atoms with Crippen LogP contribution in [0.2, 0.25) is 0 Å². The molecule has 10 heteroatoms. The molecule has 9 nitrogen and oxygen atoms in total. The van der Waals surface area contributed by atoms with Gasteiger partial charge in [0, 0.05) is 12.6 Å². The fourth-order valence-corrected chi connectivity index (χ4v) is 3.52. The van der Waals surface area contributed by atoms with Gasteiger partial charge in [-0.3, -0.25) is 19.3 Å². The minimum atomic E-state index is -1.17. The second kappa shape index (κ2) is 14.9. The minimum Gasteiger partial charge on any atom is -0.466 e. The Hall–Kier alpha value is -3.19. The van der Waals surface area contributed by atoms with E-state index in [2.05, 4.69) is 16.7 Å². The van der Waals surface area contributed by atoms with Gasteiger partial charge in [0.1, 0.15) is 17.7 Å². The molecule has 3 amide bonds. The van der Waals surface area contributed by atoms with Crippen molar-refractivity contribution in [3.8, 4) is 12.5 Å². The Morgan fingerprint density at radius 3 is 2.37 bits per heavy atom. The average Bonchev–Trinajstić information content (AvgIpc) is 2.79. The number of alkyl carbamates (subject to hydrolysis) is 1. The number of benzene rings is 1. The number of thioether (sulfide) groups is 1. The van der Waals surface area contributed by atoms with Gasteiger partial charge in [-0.15, -0.1) is 0 Å². The Morgan fingerprint density at radius 1 is 1.17 bits per heavy atom. The van der Waals surface area contributed by atoms with Gasteiger partial charge in [-0.1, -0.05) is 36.8 Å². The zero-order valence-corrected chi connectivity index (χ0v) is 21.8. The lowest BCUT2D eigenvalue weighted by Crippen LogP contribution is -2.51. The van der Waals surface area contributed by atoms with Gasteiger partial charge in [0.05, 0.1) is 13.0 Å². The van der Waals surface area contributed by atoms with Gasteiger partial charge in [0.15, 0.2) is 0 Å². The van der Waals surface area contributed by atoms with Gasteiger partial charge in [-0.2, -0.15) is 11.8 Å². The van der Waals surface area contributed by atoms with E-state index in [0.717, 1.165) is 4.90 Å². The Balaban J connectivity index is 3.18. The Labute approximate surface area is 211 Å². The summed E-state index contributed by atoms with van der Waals surface area (Å²) in [6.45, 7) is 7.08. The summed E-state index contributed by atoms with van der Waals surface area (Å²) < 4.78 is 10.2. The van der Waals surface area contributed by atoms with Crippen molar-refractivity contribution < 1.29 is 28.7 Å². The summed E-state index contributed by atoms with van der Waals surface area (Å²) in [5.41, 5.74) is -0.276. The van der Waals surface area contributed by atoms with Crippen molar-refractivity contribution in [2.75, 3.05) is 25.2 Å². The summed E-state index contributed by atoms with van der Waals surface area (Å²) in [6.07, 6.45) is 7.08. The first-order valence-corrected chi connectivity index (χ1v) is 12.7. The number of amides is 3. The third-order valence-corrected chi connectivity index (χ3v) is 5.18. The fourth-order valence-electron chi connectivity index (χ4n) is 3.05. The molecular formula is C25H35N3O6S. The highest BCUT2D eigenvalue weighted by Crippen LogP contribution is 2.22. The van der Waals surface area contributed by atoms with Gasteiger partial charge in [-0.25, -0.2) is 4.79 Å². The smallest absolute Gasteiger partial charge is 0.408 e. The van der Waals surface area contributed by atoms with Gasteiger partial charge in [0.2, 0.25) is 5.91 Å². The van der Waals surface area contributed by atoms with Crippen molar-refractivity contribution in [2.24, 2.45) is 0 Å². The SMILES string of the molecule is C#CN(C(=O)C(CCSC)NC(=O)OC(C)(C)C)C(C(=O)NCCC(=O)OCC)c1ccccc1. The first kappa shape index (κ1) is 29.8. The van der Waals surface area contributed by atoms with Crippen molar-refractivity contribution in [1.29, 1.82) is 0 Å². The Morgan fingerprint density at radius 2 is 1.83 bits per heavy atom. The zero-order chi connectivity index (χ0) is 26.4. The van der Waals surface area contributed by atoms with Crippen LogP contribution < -0.4 is 10.6 Å². The largest absolute Gasteiger partial charge is 0.466 e. The van der Waals surface area contributed by atoms with Crippen molar-refractivity contribution >= 4 is 35.6 Å². The number of hydrogen-bond donors (Lipinski definition) is 2. The van der Waals surface area contributed by atoms with E-state index in [1.807, 2.05) is 6.26 Å². The average molecular weight is 506 g/mol. The van der Waals surface area contributed by atoms with E-state index in [-0.39, 0.29) is 26.0 Å². The molecule has 0 radical (unpaired) electrons. The number of ether oxygens (including phenoxy) is 2. The van der Waals surface area contributed by atoms with E-state index < -0.39 is 41.6 Å². The lowest BCUT2D eigenvalue weighted by Gasteiger charge is -2.30. The van der Waals surface area contributed by atoms with Crippen LogP contribution in [0, 0.1) is 12.5 Å². The highest BCUT2D eigenvalue weighted by molar-refractivity contribution is 7.98. The molecule has 2 N–H and O–H groups in total. The molecule has 1 aromatic rings. The normalized spacial score (nSPS) is 12.5. The molecular weight excluding hydrogens is 470 g/mol. The molecule has 2 atom stereocenters. The van der Waals surface area contributed by atoms with E-state index in [9.17, 15) is 19.2 Å². The highest BCUT2D eigenvalue weighted by Gasteiger charge is 2.35. The lowest BCUT2D eigenvalue weighted by molar-refractivity contribution is -0.143. The topological polar surface area (TPSA) is 114 Å². The fraction of sp³-hybridized carbons (Fsp3) is 0.520. The number of carbonyl (C=O) groups excluding carboxylic acids is 4. The highest BCUT2D eigenvalue weighted by atomic mass is 32.2. The molecule has 0 saturated heterocycles. The maximum Gasteiger partial charge on any atom is 0.408 e. The lowest BCUT2D eigenvalue weighted by atomic mass is 10.0. The molecule has 35 heavy (non-hydrogen) atoms. The molecule has 0 aromatic heterocycles. The molecule has 0 spiro atoms. The number of rotatable bonds is 12. The van der Waals surface area contributed by atoms with E-state index >= 15 is 0 Å². The maximum atomic E-state index is 13.5. The van der Waals surface area contributed by atoms with Crippen molar-refractivity contribution in [1.82, 2.24) is 15.5 Å². The van der Waals surface area contributed by atoms with E-state index in [1.54, 1.807) is 58.0 Å². The van der Waals surface area contributed by atoms with E-state index in [0.29, 0.717) is 11.3 Å². The number of nitrogens with one attached hydrogen (secondary N) is 2. The predicted molar refractivity (Wildman–Crippen MR) is 135 cm³/mol. The maximum absolute atomic E-state index is 13.5. The number of carbonyl (C=O) groups is 4. The summed E-state index contributed by atoms with van der Waals surface area (Å²) in [7, 11) is 0. The number of hydrogen-bond acceptors (Lipinski definition) is 7. The van der Waals surface area contributed by atoms with Crippen LogP contribution in [0.3, 0.4) is 0 Å². The molecule has 0 aliphatic heterocycles. The summed E-state index contributed by atoms with van der Waals surface area (Å²) in [6, 6.07) is 8.69. The standard InChI is InChI=1S/C25H35N3O6S/c1-7-28(23(31)19(15-17-35-6)27-24(32)34-25(3,4)5)21(18-12-10-9-11-13-18)22(30)26-16-14-20(29)33-8-2/h1,9-13,19,21H,8,14-17H2,2-6H3,(H,26,30)(H,27,32). The van der Waals surface area contributed by atoms with E-state index in [4.69, 9.17) is 15.9 Å². The Kier molecular flexibility index (Phi) is 12.7. The predicted octanol–water partition coefficient (Wildman–Crippen LogP) is 2.86. The summed E-state index contributed by atoms with van der Waals surface area (Å²) in [5.74, 6) is -1.08. The van der Waals surface area contributed by atoms with Crippen molar-refractivity contribution in [3.63, 3.8) is 0 Å². The number of terminal acetylenes is 1. The second-order valence-corrected chi connectivity index (χ2v) is 9.46. The molecule has 0 bridgehead atoms. The summed E-state index contributed by atoms with van der Waals surface area (Å²) >= 11 is 1.50. The minimum absolute atomic E-state index is 0.0136. The summed E-state index contributed by atoms with van der Waals surface area (Å²) in [5, 5.41) is 5.23. The van der Waals surface area contributed by atoms with Gasteiger partial charge < -0.3 is 20.1 Å². The molecule has 0 heterocycles. The van der Waals surface area contributed by atoms with E-state index in [1.165, 1.54) is 11.8 Å². The quantitative estimate of drug-likeness (QED) is 0.255. The molecule has 1 aromatic carbocycles. The third kappa shape index (κ3) is 10.7. The van der Waals surface area contributed by atoms with Crippen LogP contribution in [-0.2, 0) is 23.9 Å². The first-order valence-electron chi connectivity index (χ1n) is 11.3. The van der Waals surface area contributed by atoms with Crippen LogP contribution in [0.4, 0.5) is 4.79 Å². The van der Waals surface area contributed by atoms with Gasteiger partial charge in [-0.05, 0) is 51.7 Å². The molecule has 0 saturated carbocycles. The van der Waals surface area contributed by atoms with Crippen LogP contribution in [0.5, 0.6) is 0 Å².